The average molecular weight is 368 g/mol. The summed E-state index contributed by atoms with van der Waals surface area (Å²) in [5, 5.41) is 9.02. The Bertz CT molecular complexity index is 714. The molecule has 3 fully saturated rings. The van der Waals surface area contributed by atoms with Crippen LogP contribution in [0.4, 0.5) is 0 Å². The van der Waals surface area contributed by atoms with Gasteiger partial charge in [0.1, 0.15) is 0 Å². The third-order valence-electron chi connectivity index (χ3n) is 6.69. The molecule has 2 aliphatic heterocycles. The quantitative estimate of drug-likeness (QED) is 0.723. The maximum atomic E-state index is 12.4. The minimum absolute atomic E-state index is 0.243. The number of hydrogen-bond donors (Lipinski definition) is 1. The Hall–Kier alpha value is -1.94. The van der Waals surface area contributed by atoms with Crippen molar-refractivity contribution in [2.24, 2.45) is 17.8 Å². The van der Waals surface area contributed by atoms with Crippen LogP contribution in [0.25, 0.3) is 0 Å². The van der Waals surface area contributed by atoms with Crippen molar-refractivity contribution >= 4 is 11.8 Å². The van der Waals surface area contributed by atoms with Gasteiger partial charge in [-0.1, -0.05) is 31.1 Å². The molecule has 2 bridgehead atoms. The largest absolute Gasteiger partial charge is 0.478 e. The van der Waals surface area contributed by atoms with Gasteiger partial charge in [-0.15, -0.1) is 0 Å². The van der Waals surface area contributed by atoms with Crippen molar-refractivity contribution in [3.8, 4) is 0 Å². The van der Waals surface area contributed by atoms with Gasteiger partial charge in [0.2, 0.25) is 0 Å². The number of carbonyl (C=O) groups excluding carboxylic acids is 1. The fourth-order valence-electron chi connectivity index (χ4n) is 5.16. The molecule has 4 heteroatoms. The summed E-state index contributed by atoms with van der Waals surface area (Å²) >= 11 is 0. The molecule has 2 heterocycles. The predicted octanol–water partition coefficient (Wildman–Crippen LogP) is 4.43. The highest BCUT2D eigenvalue weighted by molar-refractivity contribution is 5.91. The molecule has 144 valence electrons. The molecule has 1 saturated carbocycles. The molecule has 4 atom stereocenters. The van der Waals surface area contributed by atoms with Gasteiger partial charge in [-0.2, -0.15) is 0 Å². The Balaban J connectivity index is 1.38. The van der Waals surface area contributed by atoms with Gasteiger partial charge < -0.3 is 9.84 Å². The fraction of sp³-hybridized carbons (Fsp3) is 0.565. The number of ketones is 1. The number of hydrogen-bond acceptors (Lipinski definition) is 3. The number of carboxylic acid groups (broad SMARTS) is 1. The van der Waals surface area contributed by atoms with Crippen molar-refractivity contribution in [2.75, 3.05) is 0 Å². The Kier molecular flexibility index (Phi) is 5.44. The third-order valence-corrected chi connectivity index (χ3v) is 6.69. The van der Waals surface area contributed by atoms with E-state index in [1.165, 1.54) is 12.8 Å². The van der Waals surface area contributed by atoms with Crippen LogP contribution >= 0.6 is 0 Å². The summed E-state index contributed by atoms with van der Waals surface area (Å²) in [6, 6.07) is 7.16. The smallest absolute Gasteiger partial charge is 0.335 e. The first kappa shape index (κ1) is 18.4. The lowest BCUT2D eigenvalue weighted by atomic mass is 9.76. The number of aryl methyl sites for hydroxylation is 1. The summed E-state index contributed by atoms with van der Waals surface area (Å²) in [5.74, 6) is 0.452. The fourth-order valence-corrected chi connectivity index (χ4v) is 5.16. The van der Waals surface area contributed by atoms with Crippen LogP contribution in [0.3, 0.4) is 0 Å². The minimum Gasteiger partial charge on any atom is -0.478 e. The van der Waals surface area contributed by atoms with Crippen LogP contribution in [-0.2, 0) is 16.0 Å². The first-order valence-corrected chi connectivity index (χ1v) is 10.3. The number of ether oxygens (including phenoxy) is 1. The van der Waals surface area contributed by atoms with E-state index in [1.807, 2.05) is 18.2 Å². The molecule has 27 heavy (non-hydrogen) atoms. The van der Waals surface area contributed by atoms with Crippen LogP contribution < -0.4 is 0 Å². The van der Waals surface area contributed by atoms with E-state index in [0.717, 1.165) is 44.1 Å². The molecular formula is C23H28O4. The Morgan fingerprint density at radius 3 is 2.44 bits per heavy atom. The van der Waals surface area contributed by atoms with Crippen LogP contribution in [0.15, 0.2) is 36.4 Å². The third kappa shape index (κ3) is 4.01. The van der Waals surface area contributed by atoms with Gasteiger partial charge in [-0.3, -0.25) is 4.79 Å². The second kappa shape index (κ2) is 7.97. The zero-order chi connectivity index (χ0) is 18.8. The molecule has 1 aliphatic carbocycles. The van der Waals surface area contributed by atoms with Crippen molar-refractivity contribution in [3.63, 3.8) is 0 Å². The molecule has 0 aromatic heterocycles. The zero-order valence-corrected chi connectivity index (χ0v) is 15.7. The number of rotatable bonds is 7. The number of aromatic carboxylic acids is 1. The lowest BCUT2D eigenvalue weighted by molar-refractivity contribution is -0.118. The Labute approximate surface area is 160 Å². The van der Waals surface area contributed by atoms with Crippen molar-refractivity contribution in [2.45, 2.75) is 63.6 Å². The van der Waals surface area contributed by atoms with Crippen molar-refractivity contribution in [3.05, 3.63) is 47.5 Å². The maximum absolute atomic E-state index is 12.4. The van der Waals surface area contributed by atoms with Gasteiger partial charge in [0.15, 0.2) is 5.78 Å². The normalized spacial score (nSPS) is 30.4. The van der Waals surface area contributed by atoms with Crippen LogP contribution in [0.1, 0.15) is 60.9 Å². The first-order valence-electron chi connectivity index (χ1n) is 10.3. The Morgan fingerprint density at radius 1 is 1.04 bits per heavy atom. The second-order valence-corrected chi connectivity index (χ2v) is 8.32. The van der Waals surface area contributed by atoms with Crippen LogP contribution in [-0.4, -0.2) is 29.1 Å². The average Bonchev–Trinajstić information content (AvgIpc) is 3.42. The first-order chi connectivity index (χ1) is 13.1. The standard InChI is InChI=1S/C23H28O4/c24-20(16-3-1-2-4-16)12-11-19-18(21-13-14-22(19)27-21)10-7-15-5-8-17(9-6-15)23(25)26/h5-6,8-9,11-12,16,18-19,21-22H,1-4,7,10,13-14H2,(H,25,26)/b12-11+/t18-,19-,21+,22-/m1/s1. The minimum atomic E-state index is -0.889. The van der Waals surface area contributed by atoms with Gasteiger partial charge >= 0.3 is 5.97 Å². The van der Waals surface area contributed by atoms with E-state index in [0.29, 0.717) is 29.3 Å². The van der Waals surface area contributed by atoms with E-state index in [2.05, 4.69) is 6.08 Å². The second-order valence-electron chi connectivity index (χ2n) is 8.32. The van der Waals surface area contributed by atoms with Gasteiger partial charge in [0.25, 0.3) is 0 Å². The lowest BCUT2D eigenvalue weighted by Crippen LogP contribution is -2.26. The van der Waals surface area contributed by atoms with Crippen molar-refractivity contribution < 1.29 is 19.4 Å². The number of benzene rings is 1. The molecule has 1 aromatic carbocycles. The number of carboxylic acids is 1. The highest BCUT2D eigenvalue weighted by Gasteiger charge is 2.47. The lowest BCUT2D eigenvalue weighted by Gasteiger charge is -2.25. The summed E-state index contributed by atoms with van der Waals surface area (Å²) in [6.45, 7) is 0. The van der Waals surface area contributed by atoms with E-state index >= 15 is 0 Å². The summed E-state index contributed by atoms with van der Waals surface area (Å²) < 4.78 is 6.15. The SMILES string of the molecule is O=C(O)c1ccc(CC[C@@H]2[C@@H](/C=C/C(=O)C3CCCC3)[C@H]3CC[C@@H]2O3)cc1. The monoisotopic (exact) mass is 368 g/mol. The van der Waals surface area contributed by atoms with Crippen LogP contribution in [0.5, 0.6) is 0 Å². The summed E-state index contributed by atoms with van der Waals surface area (Å²) in [6.07, 6.45) is 13.2. The molecule has 1 N–H and O–H groups in total. The molecule has 1 aromatic rings. The summed E-state index contributed by atoms with van der Waals surface area (Å²) in [7, 11) is 0. The molecule has 2 saturated heterocycles. The maximum Gasteiger partial charge on any atom is 0.335 e. The number of allylic oxidation sites excluding steroid dienone is 1. The molecule has 0 spiro atoms. The highest BCUT2D eigenvalue weighted by Crippen LogP contribution is 2.46. The molecule has 3 aliphatic rings. The van der Waals surface area contributed by atoms with Gasteiger partial charge in [-0.25, -0.2) is 4.79 Å². The molecule has 4 nitrogen and oxygen atoms in total. The van der Waals surface area contributed by atoms with E-state index in [-0.39, 0.29) is 12.0 Å². The van der Waals surface area contributed by atoms with Gasteiger partial charge in [0.05, 0.1) is 17.8 Å². The van der Waals surface area contributed by atoms with Crippen molar-refractivity contribution in [1.82, 2.24) is 0 Å². The molecule has 0 amide bonds. The molecule has 0 radical (unpaired) electrons. The van der Waals surface area contributed by atoms with E-state index in [1.54, 1.807) is 12.1 Å². The summed E-state index contributed by atoms with van der Waals surface area (Å²) in [4.78, 5) is 23.4. The van der Waals surface area contributed by atoms with E-state index in [4.69, 9.17) is 9.84 Å². The molecule has 4 rings (SSSR count). The summed E-state index contributed by atoms with van der Waals surface area (Å²) in [5.41, 5.74) is 1.49. The van der Waals surface area contributed by atoms with E-state index < -0.39 is 5.97 Å². The van der Waals surface area contributed by atoms with Crippen LogP contribution in [0.2, 0.25) is 0 Å². The van der Waals surface area contributed by atoms with Crippen LogP contribution in [0, 0.1) is 17.8 Å². The predicted molar refractivity (Wildman–Crippen MR) is 103 cm³/mol. The van der Waals surface area contributed by atoms with E-state index in [9.17, 15) is 9.59 Å². The number of fused-ring (bicyclic) bond motifs is 2. The van der Waals surface area contributed by atoms with Gasteiger partial charge in [0, 0.05) is 11.8 Å². The topological polar surface area (TPSA) is 63.6 Å². The van der Waals surface area contributed by atoms with Gasteiger partial charge in [-0.05, 0) is 68.2 Å². The molecule has 0 unspecified atom stereocenters. The van der Waals surface area contributed by atoms with Crippen molar-refractivity contribution in [1.29, 1.82) is 0 Å². The highest BCUT2D eigenvalue weighted by atomic mass is 16.5. The Morgan fingerprint density at radius 2 is 1.74 bits per heavy atom. The number of carbonyl (C=O) groups is 2. The molecular weight excluding hydrogens is 340 g/mol. The zero-order valence-electron chi connectivity index (χ0n) is 15.7.